The minimum atomic E-state index is 0.00893. The fourth-order valence-electron chi connectivity index (χ4n) is 5.69. The van der Waals surface area contributed by atoms with E-state index >= 15 is 0 Å². The first kappa shape index (κ1) is 24.9. The zero-order valence-corrected chi connectivity index (χ0v) is 22.6. The Morgan fingerprint density at radius 2 is 1.83 bits per heavy atom. The molecule has 36 heavy (non-hydrogen) atoms. The smallest absolute Gasteiger partial charge is 0.170 e. The van der Waals surface area contributed by atoms with E-state index in [9.17, 15) is 0 Å². The van der Waals surface area contributed by atoms with Crippen LogP contribution in [-0.4, -0.2) is 63.9 Å². The molecule has 2 unspecified atom stereocenters. The molecule has 0 aliphatic carbocycles. The number of thiocarbonyl (C=S) groups is 1. The van der Waals surface area contributed by atoms with Gasteiger partial charge in [0, 0.05) is 49.5 Å². The highest BCUT2D eigenvalue weighted by molar-refractivity contribution is 7.80. The van der Waals surface area contributed by atoms with Gasteiger partial charge in [0.1, 0.15) is 0 Å². The molecule has 6 nitrogen and oxygen atoms in total. The van der Waals surface area contributed by atoms with Crippen LogP contribution < -0.4 is 5.32 Å². The first-order valence-electron chi connectivity index (χ1n) is 13.0. The van der Waals surface area contributed by atoms with Gasteiger partial charge in [0.15, 0.2) is 5.11 Å². The van der Waals surface area contributed by atoms with E-state index < -0.39 is 0 Å². The number of benzene rings is 1. The number of morpholine rings is 1. The fraction of sp³-hybridized carbons (Fsp3) is 0.448. The van der Waals surface area contributed by atoms with Gasteiger partial charge in [0.05, 0.1) is 31.0 Å². The van der Waals surface area contributed by atoms with Crippen LogP contribution in [0.15, 0.2) is 48.7 Å². The van der Waals surface area contributed by atoms with Gasteiger partial charge in [-0.2, -0.15) is 0 Å². The van der Waals surface area contributed by atoms with Gasteiger partial charge in [-0.25, -0.2) is 0 Å². The Morgan fingerprint density at radius 1 is 1.03 bits per heavy atom. The summed E-state index contributed by atoms with van der Waals surface area (Å²) in [5.74, 6) is 0. The van der Waals surface area contributed by atoms with Crippen LogP contribution in [0.5, 0.6) is 0 Å². The van der Waals surface area contributed by atoms with Gasteiger partial charge in [-0.05, 0) is 87.3 Å². The Hall–Kier alpha value is -2.74. The van der Waals surface area contributed by atoms with Crippen LogP contribution in [0.1, 0.15) is 52.3 Å². The molecule has 0 spiro atoms. The number of pyridine rings is 1. The molecule has 4 heterocycles. The first-order chi connectivity index (χ1) is 17.4. The SMILES string of the molecule is Cc1ccc(C)c(-n2c(C)cc(C3C(c4ccccn4)NC(=S)N3CCCN3CCOCC3)c2C)c1. The van der Waals surface area contributed by atoms with Crippen LogP contribution in [0.25, 0.3) is 5.69 Å². The molecule has 0 bridgehead atoms. The third-order valence-corrected chi connectivity index (χ3v) is 7.92. The molecule has 2 atom stereocenters. The molecule has 2 aliphatic rings. The predicted molar refractivity (Wildman–Crippen MR) is 149 cm³/mol. The van der Waals surface area contributed by atoms with E-state index in [0.29, 0.717) is 0 Å². The molecule has 0 radical (unpaired) electrons. The van der Waals surface area contributed by atoms with Crippen LogP contribution in [0.2, 0.25) is 0 Å². The predicted octanol–water partition coefficient (Wildman–Crippen LogP) is 4.80. The monoisotopic (exact) mass is 503 g/mol. The highest BCUT2D eigenvalue weighted by atomic mass is 32.1. The number of hydrogen-bond donors (Lipinski definition) is 1. The van der Waals surface area contributed by atoms with Gasteiger partial charge in [0.2, 0.25) is 0 Å². The average Bonchev–Trinajstić information content (AvgIpc) is 3.36. The second kappa shape index (κ2) is 10.7. The Bertz CT molecular complexity index is 1220. The van der Waals surface area contributed by atoms with E-state index in [2.05, 4.69) is 83.8 Å². The lowest BCUT2D eigenvalue weighted by Gasteiger charge is -2.30. The van der Waals surface area contributed by atoms with Crippen LogP contribution >= 0.6 is 12.2 Å². The molecular formula is C29H37N5OS. The maximum absolute atomic E-state index is 5.93. The molecular weight excluding hydrogens is 466 g/mol. The van der Waals surface area contributed by atoms with Crippen molar-refractivity contribution in [2.45, 2.75) is 46.2 Å². The third-order valence-electron chi connectivity index (χ3n) is 7.57. The van der Waals surface area contributed by atoms with Crippen molar-refractivity contribution < 1.29 is 4.74 Å². The zero-order chi connectivity index (χ0) is 25.2. The van der Waals surface area contributed by atoms with Crippen LogP contribution in [0.4, 0.5) is 0 Å². The van der Waals surface area contributed by atoms with Crippen molar-refractivity contribution in [2.75, 3.05) is 39.4 Å². The molecule has 2 fully saturated rings. The Kier molecular flexibility index (Phi) is 7.42. The molecule has 2 aliphatic heterocycles. The lowest BCUT2D eigenvalue weighted by Crippen LogP contribution is -2.39. The van der Waals surface area contributed by atoms with Crippen molar-refractivity contribution >= 4 is 17.3 Å². The van der Waals surface area contributed by atoms with Gasteiger partial charge < -0.3 is 19.5 Å². The molecule has 2 aromatic heterocycles. The van der Waals surface area contributed by atoms with Gasteiger partial charge in [-0.1, -0.05) is 18.2 Å². The van der Waals surface area contributed by atoms with Crippen LogP contribution in [0, 0.1) is 27.7 Å². The minimum absolute atomic E-state index is 0.00893. The topological polar surface area (TPSA) is 45.6 Å². The van der Waals surface area contributed by atoms with E-state index in [-0.39, 0.29) is 12.1 Å². The number of rotatable bonds is 7. The summed E-state index contributed by atoms with van der Waals surface area (Å²) in [6, 6.07) is 15.3. The first-order valence-corrected chi connectivity index (χ1v) is 13.4. The van der Waals surface area contributed by atoms with Crippen molar-refractivity contribution in [3.63, 3.8) is 0 Å². The summed E-state index contributed by atoms with van der Waals surface area (Å²) >= 11 is 5.93. The molecule has 0 saturated carbocycles. The lowest BCUT2D eigenvalue weighted by molar-refractivity contribution is 0.0365. The largest absolute Gasteiger partial charge is 0.379 e. The number of hydrogen-bond acceptors (Lipinski definition) is 4. The minimum Gasteiger partial charge on any atom is -0.379 e. The van der Waals surface area contributed by atoms with E-state index in [4.69, 9.17) is 21.9 Å². The van der Waals surface area contributed by atoms with Crippen molar-refractivity contribution in [3.8, 4) is 5.69 Å². The van der Waals surface area contributed by atoms with Gasteiger partial charge >= 0.3 is 0 Å². The van der Waals surface area contributed by atoms with Crippen LogP contribution in [0.3, 0.4) is 0 Å². The maximum Gasteiger partial charge on any atom is 0.170 e. The number of nitrogens with zero attached hydrogens (tertiary/aromatic N) is 4. The van der Waals surface area contributed by atoms with E-state index in [1.54, 1.807) is 0 Å². The highest BCUT2D eigenvalue weighted by Crippen LogP contribution is 2.41. The van der Waals surface area contributed by atoms with E-state index in [1.807, 2.05) is 12.3 Å². The molecule has 190 valence electrons. The number of aryl methyl sites for hydroxylation is 3. The number of aromatic nitrogens is 2. The summed E-state index contributed by atoms with van der Waals surface area (Å²) in [5.41, 5.74) is 8.62. The summed E-state index contributed by atoms with van der Waals surface area (Å²) in [6.45, 7) is 14.5. The summed E-state index contributed by atoms with van der Waals surface area (Å²) in [7, 11) is 0. The summed E-state index contributed by atoms with van der Waals surface area (Å²) in [4.78, 5) is 9.61. The molecule has 1 aromatic carbocycles. The van der Waals surface area contributed by atoms with E-state index in [1.165, 1.54) is 33.8 Å². The Balaban J connectivity index is 1.50. The molecule has 3 aromatic rings. The standard InChI is InChI=1S/C29H37N5OS/c1-20-9-10-21(2)26(18-20)34-22(3)19-24(23(34)4)28-27(25-8-5-6-11-30-25)31-29(36)33(28)13-7-12-32-14-16-35-17-15-32/h5-6,8-11,18-19,27-28H,7,12-17H2,1-4H3,(H,31,36). The molecule has 0 amide bonds. The third kappa shape index (κ3) is 4.92. The Labute approximate surface area is 220 Å². The van der Waals surface area contributed by atoms with Gasteiger partial charge in [0.25, 0.3) is 0 Å². The van der Waals surface area contributed by atoms with Crippen molar-refractivity contribution in [1.82, 2.24) is 24.7 Å². The van der Waals surface area contributed by atoms with Crippen molar-refractivity contribution in [2.24, 2.45) is 0 Å². The summed E-state index contributed by atoms with van der Waals surface area (Å²) in [6.07, 6.45) is 2.93. The molecule has 1 N–H and O–H groups in total. The summed E-state index contributed by atoms with van der Waals surface area (Å²) in [5, 5.41) is 4.44. The second-order valence-electron chi connectivity index (χ2n) is 10.1. The second-order valence-corrected chi connectivity index (χ2v) is 10.5. The van der Waals surface area contributed by atoms with Crippen LogP contribution in [-0.2, 0) is 4.74 Å². The fourth-order valence-corrected chi connectivity index (χ4v) is 6.02. The molecule has 5 rings (SSSR count). The highest BCUT2D eigenvalue weighted by Gasteiger charge is 2.41. The van der Waals surface area contributed by atoms with Gasteiger partial charge in [-0.15, -0.1) is 0 Å². The van der Waals surface area contributed by atoms with Crippen molar-refractivity contribution in [3.05, 3.63) is 82.4 Å². The quantitative estimate of drug-likeness (QED) is 0.468. The average molecular weight is 504 g/mol. The lowest BCUT2D eigenvalue weighted by atomic mass is 9.96. The molecule has 2 saturated heterocycles. The van der Waals surface area contributed by atoms with Gasteiger partial charge in [-0.3, -0.25) is 9.88 Å². The maximum atomic E-state index is 5.93. The van der Waals surface area contributed by atoms with Crippen molar-refractivity contribution in [1.29, 1.82) is 0 Å². The Morgan fingerprint density at radius 3 is 2.58 bits per heavy atom. The number of ether oxygens (including phenoxy) is 1. The number of nitrogens with one attached hydrogen (secondary N) is 1. The van der Waals surface area contributed by atoms with E-state index in [0.717, 1.165) is 56.6 Å². The summed E-state index contributed by atoms with van der Waals surface area (Å²) < 4.78 is 7.92. The normalized spacial score (nSPS) is 20.7. The zero-order valence-electron chi connectivity index (χ0n) is 21.8. The molecule has 7 heteroatoms.